The smallest absolute Gasteiger partial charge is 0.227 e. The summed E-state index contributed by atoms with van der Waals surface area (Å²) in [6.07, 6.45) is 1.62. The Hall–Kier alpha value is -2.33. The van der Waals surface area contributed by atoms with Crippen LogP contribution in [0.1, 0.15) is 43.9 Å². The molecule has 1 saturated heterocycles. The molecule has 1 fully saturated rings. The molecule has 25 heavy (non-hydrogen) atoms. The van der Waals surface area contributed by atoms with Crippen LogP contribution in [0, 0.1) is 0 Å². The van der Waals surface area contributed by atoms with Gasteiger partial charge in [0.15, 0.2) is 0 Å². The highest BCUT2D eigenvalue weighted by Gasteiger charge is 2.21. The van der Waals surface area contributed by atoms with Gasteiger partial charge in [0, 0.05) is 31.2 Å². The van der Waals surface area contributed by atoms with Crippen molar-refractivity contribution in [1.82, 2.24) is 5.32 Å². The second-order valence-electron chi connectivity index (χ2n) is 6.42. The summed E-state index contributed by atoms with van der Waals surface area (Å²) in [6.45, 7) is 6.45. The van der Waals surface area contributed by atoms with Gasteiger partial charge in [-0.15, -0.1) is 0 Å². The fourth-order valence-corrected chi connectivity index (χ4v) is 3.16. The highest BCUT2D eigenvalue weighted by Crippen LogP contribution is 2.24. The molecule has 1 aliphatic rings. The summed E-state index contributed by atoms with van der Waals surface area (Å²) < 4.78 is 5.55. The SMILES string of the molecule is CCOc1cccc(CNC(C)c2ccc(N3CCCC3=O)cc2)c1. The predicted molar refractivity (Wildman–Crippen MR) is 101 cm³/mol. The minimum atomic E-state index is 0.230. The highest BCUT2D eigenvalue weighted by molar-refractivity contribution is 5.95. The molecule has 3 rings (SSSR count). The summed E-state index contributed by atoms with van der Waals surface area (Å²) in [5, 5.41) is 3.55. The van der Waals surface area contributed by atoms with Gasteiger partial charge in [-0.25, -0.2) is 0 Å². The Morgan fingerprint density at radius 1 is 1.20 bits per heavy atom. The molecule has 1 heterocycles. The van der Waals surface area contributed by atoms with E-state index < -0.39 is 0 Å². The zero-order valence-corrected chi connectivity index (χ0v) is 15.0. The van der Waals surface area contributed by atoms with Crippen LogP contribution in [0.2, 0.25) is 0 Å². The lowest BCUT2D eigenvalue weighted by atomic mass is 10.1. The quantitative estimate of drug-likeness (QED) is 0.828. The first-order chi connectivity index (χ1) is 12.2. The van der Waals surface area contributed by atoms with Gasteiger partial charge < -0.3 is 15.0 Å². The van der Waals surface area contributed by atoms with Gasteiger partial charge in [0.1, 0.15) is 5.75 Å². The van der Waals surface area contributed by atoms with Crippen LogP contribution in [0.4, 0.5) is 5.69 Å². The second-order valence-corrected chi connectivity index (χ2v) is 6.42. The number of benzene rings is 2. The number of amides is 1. The van der Waals surface area contributed by atoms with E-state index in [-0.39, 0.29) is 11.9 Å². The number of hydrogen-bond donors (Lipinski definition) is 1. The zero-order valence-electron chi connectivity index (χ0n) is 15.0. The first-order valence-electron chi connectivity index (χ1n) is 9.03. The predicted octanol–water partition coefficient (Wildman–Crippen LogP) is 4.06. The van der Waals surface area contributed by atoms with Gasteiger partial charge in [0.05, 0.1) is 6.61 Å². The first kappa shape index (κ1) is 17.5. The molecule has 132 valence electrons. The van der Waals surface area contributed by atoms with Gasteiger partial charge in [0.25, 0.3) is 0 Å². The van der Waals surface area contributed by atoms with Crippen molar-refractivity contribution in [2.24, 2.45) is 0 Å². The summed E-state index contributed by atoms with van der Waals surface area (Å²) in [7, 11) is 0. The maximum atomic E-state index is 11.8. The van der Waals surface area contributed by atoms with Crippen molar-refractivity contribution in [2.45, 2.75) is 39.3 Å². The van der Waals surface area contributed by atoms with Gasteiger partial charge in [-0.05, 0) is 55.7 Å². The second kappa shape index (κ2) is 8.17. The molecule has 1 aliphatic heterocycles. The van der Waals surface area contributed by atoms with Crippen LogP contribution in [0.25, 0.3) is 0 Å². The minimum absolute atomic E-state index is 0.230. The maximum Gasteiger partial charge on any atom is 0.227 e. The topological polar surface area (TPSA) is 41.6 Å². The van der Waals surface area contributed by atoms with Crippen LogP contribution in [0.5, 0.6) is 5.75 Å². The Morgan fingerprint density at radius 2 is 2.00 bits per heavy atom. The number of hydrogen-bond acceptors (Lipinski definition) is 3. The minimum Gasteiger partial charge on any atom is -0.494 e. The average molecular weight is 338 g/mol. The van der Waals surface area contributed by atoms with Gasteiger partial charge >= 0.3 is 0 Å². The van der Waals surface area contributed by atoms with Crippen LogP contribution in [-0.2, 0) is 11.3 Å². The molecule has 1 amide bonds. The van der Waals surface area contributed by atoms with E-state index in [0.717, 1.165) is 30.9 Å². The summed E-state index contributed by atoms with van der Waals surface area (Å²) in [5.74, 6) is 1.14. The Balaban J connectivity index is 1.58. The third-order valence-corrected chi connectivity index (χ3v) is 4.60. The van der Waals surface area contributed by atoms with Crippen LogP contribution < -0.4 is 15.0 Å². The van der Waals surface area contributed by atoms with E-state index in [1.807, 2.05) is 36.1 Å². The number of rotatable bonds is 7. The summed E-state index contributed by atoms with van der Waals surface area (Å²) in [5.41, 5.74) is 3.43. The van der Waals surface area contributed by atoms with E-state index in [2.05, 4.69) is 36.5 Å². The Labute approximate surface area is 149 Å². The number of carbonyl (C=O) groups is 1. The average Bonchev–Trinajstić information content (AvgIpc) is 3.06. The van der Waals surface area contributed by atoms with Crippen molar-refractivity contribution in [3.63, 3.8) is 0 Å². The maximum absolute atomic E-state index is 11.8. The molecule has 0 radical (unpaired) electrons. The van der Waals surface area contributed by atoms with Gasteiger partial charge in [-0.2, -0.15) is 0 Å². The van der Waals surface area contributed by atoms with Crippen molar-refractivity contribution in [3.8, 4) is 5.75 Å². The molecule has 2 aromatic rings. The van der Waals surface area contributed by atoms with Crippen molar-refractivity contribution in [3.05, 3.63) is 59.7 Å². The molecule has 0 aromatic heterocycles. The molecule has 4 nitrogen and oxygen atoms in total. The van der Waals surface area contributed by atoms with Crippen molar-refractivity contribution in [1.29, 1.82) is 0 Å². The highest BCUT2D eigenvalue weighted by atomic mass is 16.5. The third kappa shape index (κ3) is 4.40. The molecule has 4 heteroatoms. The van der Waals surface area contributed by atoms with Gasteiger partial charge in [-0.1, -0.05) is 24.3 Å². The molecule has 1 atom stereocenters. The monoisotopic (exact) mass is 338 g/mol. The normalized spacial score (nSPS) is 15.4. The largest absolute Gasteiger partial charge is 0.494 e. The summed E-state index contributed by atoms with van der Waals surface area (Å²) >= 11 is 0. The molecular weight excluding hydrogens is 312 g/mol. The summed E-state index contributed by atoms with van der Waals surface area (Å²) in [6, 6.07) is 16.7. The van der Waals surface area contributed by atoms with E-state index in [9.17, 15) is 4.79 Å². The van der Waals surface area contributed by atoms with Crippen molar-refractivity contribution in [2.75, 3.05) is 18.1 Å². The molecule has 0 aliphatic carbocycles. The van der Waals surface area contributed by atoms with E-state index in [0.29, 0.717) is 13.0 Å². The summed E-state index contributed by atoms with van der Waals surface area (Å²) in [4.78, 5) is 13.7. The lowest BCUT2D eigenvalue weighted by Crippen LogP contribution is -2.23. The lowest BCUT2D eigenvalue weighted by molar-refractivity contribution is -0.117. The standard InChI is InChI=1S/C21H26N2O2/c1-3-25-20-7-4-6-17(14-20)15-22-16(2)18-9-11-19(12-10-18)23-13-5-8-21(23)24/h4,6-7,9-12,14,16,22H,3,5,8,13,15H2,1-2H3. The Kier molecular flexibility index (Phi) is 5.71. The molecule has 1 N–H and O–H groups in total. The molecule has 0 bridgehead atoms. The third-order valence-electron chi connectivity index (χ3n) is 4.60. The first-order valence-corrected chi connectivity index (χ1v) is 9.03. The fraction of sp³-hybridized carbons (Fsp3) is 0.381. The van der Waals surface area contributed by atoms with E-state index >= 15 is 0 Å². The molecule has 1 unspecified atom stereocenters. The fourth-order valence-electron chi connectivity index (χ4n) is 3.16. The Morgan fingerprint density at radius 3 is 2.68 bits per heavy atom. The lowest BCUT2D eigenvalue weighted by Gasteiger charge is -2.18. The van der Waals surface area contributed by atoms with Crippen molar-refractivity contribution >= 4 is 11.6 Å². The van der Waals surface area contributed by atoms with Crippen molar-refractivity contribution < 1.29 is 9.53 Å². The van der Waals surface area contributed by atoms with Gasteiger partial charge in [0.2, 0.25) is 5.91 Å². The van der Waals surface area contributed by atoms with Gasteiger partial charge in [-0.3, -0.25) is 4.79 Å². The van der Waals surface area contributed by atoms with Crippen LogP contribution >= 0.6 is 0 Å². The number of carbonyl (C=O) groups excluding carboxylic acids is 1. The number of nitrogens with one attached hydrogen (secondary N) is 1. The van der Waals surface area contributed by atoms with Crippen LogP contribution in [0.3, 0.4) is 0 Å². The molecule has 0 spiro atoms. The van der Waals surface area contributed by atoms with E-state index in [1.165, 1.54) is 11.1 Å². The zero-order chi connectivity index (χ0) is 17.6. The molecular formula is C21H26N2O2. The Bertz CT molecular complexity index is 712. The van der Waals surface area contributed by atoms with E-state index in [1.54, 1.807) is 0 Å². The van der Waals surface area contributed by atoms with Crippen LogP contribution in [-0.4, -0.2) is 19.1 Å². The number of nitrogens with zero attached hydrogens (tertiary/aromatic N) is 1. The van der Waals surface area contributed by atoms with Crippen LogP contribution in [0.15, 0.2) is 48.5 Å². The number of anilines is 1. The molecule has 0 saturated carbocycles. The van der Waals surface area contributed by atoms with E-state index in [4.69, 9.17) is 4.74 Å². The number of ether oxygens (including phenoxy) is 1. The molecule has 2 aromatic carbocycles.